The lowest BCUT2D eigenvalue weighted by molar-refractivity contribution is -0.887. The Bertz CT molecular complexity index is 1270. The summed E-state index contributed by atoms with van der Waals surface area (Å²) in [6.45, 7) is 4.56. The number of ether oxygens (including phenoxy) is 3. The molecule has 0 aromatic heterocycles. The number of carboxylic acids is 1. The van der Waals surface area contributed by atoms with Gasteiger partial charge in [-0.05, 0) is 51.4 Å². The van der Waals surface area contributed by atoms with Gasteiger partial charge in [0.2, 0.25) is 0 Å². The van der Waals surface area contributed by atoms with E-state index in [9.17, 15) is 19.5 Å². The average Bonchev–Trinajstić information content (AvgIpc) is 3.26. The number of carbonyl (C=O) groups excluding carboxylic acids is 2. The first kappa shape index (κ1) is 60.8. The Kier molecular flexibility index (Phi) is 44.0. The molecule has 0 aliphatic heterocycles. The quantitative estimate of drug-likeness (QED) is 0.0281. The number of hydrogen-bond acceptors (Lipinski definition) is 6. The number of esters is 2. The van der Waals surface area contributed by atoms with Crippen molar-refractivity contribution in [1.29, 1.82) is 0 Å². The predicted octanol–water partition coefficient (Wildman–Crippen LogP) is 15.1. The fourth-order valence-electron chi connectivity index (χ4n) is 7.41. The van der Waals surface area contributed by atoms with E-state index < -0.39 is 18.1 Å². The van der Waals surface area contributed by atoms with Gasteiger partial charge in [0.15, 0.2) is 12.1 Å². The van der Waals surface area contributed by atoms with Gasteiger partial charge in [-0.3, -0.25) is 9.59 Å². The van der Waals surface area contributed by atoms with Gasteiger partial charge in [0.05, 0.1) is 34.4 Å². The van der Waals surface area contributed by atoms with Crippen molar-refractivity contribution < 1.29 is 38.2 Å². The molecule has 0 fully saturated rings. The third-order valence-corrected chi connectivity index (χ3v) is 11.4. The SMILES string of the molecule is CC/C=C\C/C=C\C/C=C\C/C=C\C/C=C\C/C=C\CCC(=O)OC(COCCC(C(=O)O)[N+](C)(C)C)COC(=O)CCCCCCCCCCCCCCCCCCCCCCC. The number of unbranched alkanes of at least 4 members (excludes halogenated alkanes) is 20. The summed E-state index contributed by atoms with van der Waals surface area (Å²) in [4.78, 5) is 37.1. The molecule has 0 radical (unpaired) electrons. The second-order valence-corrected chi connectivity index (χ2v) is 18.4. The molecule has 0 bridgehead atoms. The molecule has 2 unspecified atom stereocenters. The van der Waals surface area contributed by atoms with Gasteiger partial charge >= 0.3 is 17.9 Å². The summed E-state index contributed by atoms with van der Waals surface area (Å²) < 4.78 is 17.3. The minimum absolute atomic E-state index is 0.0295. The molecule has 64 heavy (non-hydrogen) atoms. The van der Waals surface area contributed by atoms with Gasteiger partial charge < -0.3 is 23.8 Å². The van der Waals surface area contributed by atoms with Gasteiger partial charge in [0.25, 0.3) is 0 Å². The number of likely N-dealkylation sites (N-methyl/N-ethyl adjacent to an activating group) is 1. The number of carbonyl (C=O) groups is 3. The molecule has 0 aliphatic rings. The Hall–Kier alpha value is -3.23. The number of nitrogens with zero attached hydrogens (tertiary/aromatic N) is 1. The highest BCUT2D eigenvalue weighted by Gasteiger charge is 2.31. The van der Waals surface area contributed by atoms with Crippen LogP contribution in [0.4, 0.5) is 0 Å². The van der Waals surface area contributed by atoms with E-state index >= 15 is 0 Å². The van der Waals surface area contributed by atoms with E-state index in [1.54, 1.807) is 0 Å². The number of hydrogen-bond donors (Lipinski definition) is 1. The molecule has 0 saturated heterocycles. The van der Waals surface area contributed by atoms with Crippen LogP contribution in [0.2, 0.25) is 0 Å². The molecule has 0 heterocycles. The normalized spacial score (nSPS) is 13.5. The fourth-order valence-corrected chi connectivity index (χ4v) is 7.41. The molecule has 0 saturated carbocycles. The summed E-state index contributed by atoms with van der Waals surface area (Å²) in [7, 11) is 5.51. The average molecular weight is 897 g/mol. The van der Waals surface area contributed by atoms with Crippen LogP contribution >= 0.6 is 0 Å². The van der Waals surface area contributed by atoms with Gasteiger partial charge in [-0.2, -0.15) is 0 Å². The Morgan fingerprint density at radius 2 is 0.875 bits per heavy atom. The van der Waals surface area contributed by atoms with Crippen LogP contribution in [-0.4, -0.2) is 80.6 Å². The maximum absolute atomic E-state index is 12.8. The molecule has 0 rings (SSSR count). The Labute approximate surface area is 393 Å². The number of rotatable bonds is 46. The van der Waals surface area contributed by atoms with Gasteiger partial charge in [-0.25, -0.2) is 4.79 Å². The molecular formula is C56H98NO7+. The van der Waals surface area contributed by atoms with Crippen LogP contribution < -0.4 is 0 Å². The van der Waals surface area contributed by atoms with Crippen molar-refractivity contribution in [2.75, 3.05) is 41.0 Å². The lowest BCUT2D eigenvalue weighted by Crippen LogP contribution is -2.50. The van der Waals surface area contributed by atoms with Gasteiger partial charge in [0.1, 0.15) is 6.61 Å². The zero-order valence-corrected chi connectivity index (χ0v) is 42.0. The van der Waals surface area contributed by atoms with E-state index in [0.29, 0.717) is 19.3 Å². The van der Waals surface area contributed by atoms with Gasteiger partial charge in [-0.15, -0.1) is 0 Å². The molecule has 1 N–H and O–H groups in total. The highest BCUT2D eigenvalue weighted by molar-refractivity contribution is 5.72. The van der Waals surface area contributed by atoms with Crippen LogP contribution in [0.15, 0.2) is 72.9 Å². The van der Waals surface area contributed by atoms with E-state index in [1.165, 1.54) is 116 Å². The van der Waals surface area contributed by atoms with Crippen LogP contribution in [0.25, 0.3) is 0 Å². The van der Waals surface area contributed by atoms with Gasteiger partial charge in [0, 0.05) is 19.3 Å². The Balaban J connectivity index is 4.32. The first-order chi connectivity index (χ1) is 31.1. The van der Waals surface area contributed by atoms with Crippen molar-refractivity contribution >= 4 is 17.9 Å². The molecule has 8 nitrogen and oxygen atoms in total. The third kappa shape index (κ3) is 44.0. The van der Waals surface area contributed by atoms with Crippen molar-refractivity contribution in [2.24, 2.45) is 0 Å². The zero-order valence-electron chi connectivity index (χ0n) is 42.0. The second-order valence-electron chi connectivity index (χ2n) is 18.4. The van der Waals surface area contributed by atoms with Crippen LogP contribution in [0.5, 0.6) is 0 Å². The molecule has 8 heteroatoms. The monoisotopic (exact) mass is 897 g/mol. The summed E-state index contributed by atoms with van der Waals surface area (Å²) in [6.07, 6.45) is 59.7. The van der Waals surface area contributed by atoms with Crippen LogP contribution in [0.1, 0.15) is 213 Å². The van der Waals surface area contributed by atoms with Crippen molar-refractivity contribution in [3.05, 3.63) is 72.9 Å². The lowest BCUT2D eigenvalue weighted by Gasteiger charge is -2.31. The summed E-state index contributed by atoms with van der Waals surface area (Å²) in [5.41, 5.74) is 0. The molecule has 0 spiro atoms. The molecule has 0 aliphatic carbocycles. The zero-order chi connectivity index (χ0) is 47.0. The van der Waals surface area contributed by atoms with Crippen molar-refractivity contribution in [2.45, 2.75) is 225 Å². The van der Waals surface area contributed by atoms with E-state index in [0.717, 1.165) is 57.8 Å². The maximum Gasteiger partial charge on any atom is 0.362 e. The molecule has 0 aromatic rings. The molecular weight excluding hydrogens is 799 g/mol. The number of quaternary nitrogens is 1. The van der Waals surface area contributed by atoms with E-state index in [-0.39, 0.29) is 42.7 Å². The summed E-state index contributed by atoms with van der Waals surface area (Å²) in [6, 6.07) is -0.630. The fraction of sp³-hybridized carbons (Fsp3) is 0.732. The van der Waals surface area contributed by atoms with Crippen LogP contribution in [-0.2, 0) is 28.6 Å². The maximum atomic E-state index is 12.8. The predicted molar refractivity (Wildman–Crippen MR) is 270 cm³/mol. The standard InChI is InChI=1S/C56H97NO7/c1-6-8-10-12-14-16-18-20-22-24-26-27-29-30-32-34-36-38-40-42-44-46-54(58)63-51-52(50-62-49-48-53(56(60)61)57(3,4)5)64-55(59)47-45-43-41-39-37-35-33-31-28-25-23-21-19-17-15-13-11-9-7-2/h9,11,15,17,21,23,28,31,35,37,41,43,52-53H,6-8,10,12-14,16,18-20,22,24-27,29-30,32-34,36,38-40,42,44-51H2,1-5H3/p+1/b11-9-,17-15-,23-21-,31-28-,37-35-,43-41-. The third-order valence-electron chi connectivity index (χ3n) is 11.4. The Morgan fingerprint density at radius 3 is 1.27 bits per heavy atom. The number of carboxylic acid groups (broad SMARTS) is 1. The molecule has 2 atom stereocenters. The van der Waals surface area contributed by atoms with Crippen LogP contribution in [0, 0.1) is 0 Å². The van der Waals surface area contributed by atoms with Crippen molar-refractivity contribution in [3.8, 4) is 0 Å². The van der Waals surface area contributed by atoms with E-state index in [4.69, 9.17) is 14.2 Å². The number of aliphatic carboxylic acids is 1. The van der Waals surface area contributed by atoms with Gasteiger partial charge in [-0.1, -0.05) is 215 Å². The smallest absolute Gasteiger partial charge is 0.362 e. The lowest BCUT2D eigenvalue weighted by atomic mass is 10.0. The van der Waals surface area contributed by atoms with E-state index in [1.807, 2.05) is 33.3 Å². The first-order valence-corrected chi connectivity index (χ1v) is 26.0. The highest BCUT2D eigenvalue weighted by atomic mass is 16.6. The summed E-state index contributed by atoms with van der Waals surface area (Å²) in [5, 5.41) is 9.65. The second kappa shape index (κ2) is 46.3. The largest absolute Gasteiger partial charge is 0.477 e. The number of allylic oxidation sites excluding steroid dienone is 12. The highest BCUT2D eigenvalue weighted by Crippen LogP contribution is 2.16. The molecule has 368 valence electrons. The van der Waals surface area contributed by atoms with Crippen LogP contribution in [0.3, 0.4) is 0 Å². The van der Waals surface area contributed by atoms with Crippen molar-refractivity contribution in [1.82, 2.24) is 0 Å². The topological polar surface area (TPSA) is 99.1 Å². The minimum atomic E-state index is -0.886. The van der Waals surface area contributed by atoms with Crippen molar-refractivity contribution in [3.63, 3.8) is 0 Å². The first-order valence-electron chi connectivity index (χ1n) is 26.0. The summed E-state index contributed by atoms with van der Waals surface area (Å²) in [5.74, 6) is -1.57. The summed E-state index contributed by atoms with van der Waals surface area (Å²) >= 11 is 0. The minimum Gasteiger partial charge on any atom is -0.477 e. The Morgan fingerprint density at radius 1 is 0.484 bits per heavy atom. The molecule has 0 aromatic carbocycles. The van der Waals surface area contributed by atoms with E-state index in [2.05, 4.69) is 74.6 Å². The molecule has 0 amide bonds.